The zero-order valence-electron chi connectivity index (χ0n) is 11.3. The van der Waals surface area contributed by atoms with Gasteiger partial charge in [-0.3, -0.25) is 4.79 Å². The number of nitrogens with one attached hydrogen (secondary N) is 2. The molecule has 1 atom stereocenters. The Morgan fingerprint density at radius 3 is 2.63 bits per heavy atom. The van der Waals surface area contributed by atoms with Gasteiger partial charge in [0, 0.05) is 12.2 Å². The number of rotatable bonds is 6. The summed E-state index contributed by atoms with van der Waals surface area (Å²) in [4.78, 5) is 22.4. The first kappa shape index (κ1) is 15.0. The highest BCUT2D eigenvalue weighted by molar-refractivity contribution is 5.90. The first-order valence-electron chi connectivity index (χ1n) is 6.37. The molecule has 5 nitrogen and oxygen atoms in total. The Morgan fingerprint density at radius 1 is 1.32 bits per heavy atom. The van der Waals surface area contributed by atoms with Crippen LogP contribution in [0.1, 0.15) is 25.8 Å². The molecule has 0 radical (unpaired) electrons. The van der Waals surface area contributed by atoms with Gasteiger partial charge in [0.15, 0.2) is 0 Å². The van der Waals surface area contributed by atoms with Crippen molar-refractivity contribution in [1.29, 1.82) is 0 Å². The van der Waals surface area contributed by atoms with Crippen LogP contribution in [0, 0.1) is 5.92 Å². The molecule has 0 aliphatic rings. The van der Waals surface area contributed by atoms with Crippen molar-refractivity contribution in [3.63, 3.8) is 0 Å². The molecule has 2 amide bonds. The summed E-state index contributed by atoms with van der Waals surface area (Å²) in [6.45, 7) is 4.72. The fraction of sp³-hybridized carbons (Fsp3) is 0.429. The second kappa shape index (κ2) is 7.41. The van der Waals surface area contributed by atoms with Crippen LogP contribution in [0.3, 0.4) is 0 Å². The number of amides is 2. The minimum absolute atomic E-state index is 0.109. The molecule has 0 aliphatic heterocycles. The summed E-state index contributed by atoms with van der Waals surface area (Å²) in [6.07, 6.45) is 0.887. The molecular weight excluding hydrogens is 244 g/mol. The molecule has 3 N–H and O–H groups in total. The van der Waals surface area contributed by atoms with Crippen LogP contribution in [-0.2, 0) is 11.2 Å². The van der Waals surface area contributed by atoms with Gasteiger partial charge in [0.1, 0.15) is 0 Å². The normalized spacial score (nSPS) is 11.7. The summed E-state index contributed by atoms with van der Waals surface area (Å²) in [5.74, 6) is -0.505. The van der Waals surface area contributed by atoms with Crippen molar-refractivity contribution < 1.29 is 14.7 Å². The molecule has 0 aromatic heterocycles. The van der Waals surface area contributed by atoms with E-state index in [9.17, 15) is 9.59 Å². The zero-order valence-corrected chi connectivity index (χ0v) is 11.3. The van der Waals surface area contributed by atoms with E-state index in [0.29, 0.717) is 23.7 Å². The SMILES string of the molecule is CCC(C)CNC(=O)Nc1ccccc1CC(=O)O. The third kappa shape index (κ3) is 5.42. The molecule has 0 fully saturated rings. The number of carboxylic acids is 1. The van der Waals surface area contributed by atoms with Gasteiger partial charge in [-0.05, 0) is 17.5 Å². The first-order chi connectivity index (χ1) is 9.02. The second-order valence-electron chi connectivity index (χ2n) is 4.58. The fourth-order valence-electron chi connectivity index (χ4n) is 1.54. The minimum atomic E-state index is -0.922. The quantitative estimate of drug-likeness (QED) is 0.738. The molecule has 1 aromatic carbocycles. The lowest BCUT2D eigenvalue weighted by atomic mass is 10.1. The Balaban J connectivity index is 2.61. The van der Waals surface area contributed by atoms with Gasteiger partial charge in [0.2, 0.25) is 0 Å². The molecule has 0 bridgehead atoms. The van der Waals surface area contributed by atoms with Crippen LogP contribution < -0.4 is 10.6 Å². The number of carbonyl (C=O) groups is 2. The zero-order chi connectivity index (χ0) is 14.3. The molecular formula is C14H20N2O3. The van der Waals surface area contributed by atoms with E-state index < -0.39 is 5.97 Å². The highest BCUT2D eigenvalue weighted by atomic mass is 16.4. The summed E-state index contributed by atoms with van der Waals surface area (Å²) in [5, 5.41) is 14.3. The van der Waals surface area contributed by atoms with Crippen LogP contribution in [0.2, 0.25) is 0 Å². The number of aliphatic carboxylic acids is 1. The molecule has 0 saturated carbocycles. The van der Waals surface area contributed by atoms with Crippen LogP contribution in [0.5, 0.6) is 0 Å². The summed E-state index contributed by atoms with van der Waals surface area (Å²) in [6, 6.07) is 6.59. The summed E-state index contributed by atoms with van der Waals surface area (Å²) in [5.41, 5.74) is 1.13. The lowest BCUT2D eigenvalue weighted by molar-refractivity contribution is -0.136. The predicted octanol–water partition coefficient (Wildman–Crippen LogP) is 2.48. The van der Waals surface area contributed by atoms with Gasteiger partial charge in [-0.2, -0.15) is 0 Å². The van der Waals surface area contributed by atoms with Gasteiger partial charge in [0.25, 0.3) is 0 Å². The molecule has 1 aromatic rings. The van der Waals surface area contributed by atoms with Crippen molar-refractivity contribution in [2.24, 2.45) is 5.92 Å². The van der Waals surface area contributed by atoms with Gasteiger partial charge in [-0.25, -0.2) is 4.79 Å². The number of carboxylic acid groups (broad SMARTS) is 1. The lowest BCUT2D eigenvalue weighted by Crippen LogP contribution is -2.32. The monoisotopic (exact) mass is 264 g/mol. The van der Waals surface area contributed by atoms with Crippen LogP contribution in [0.15, 0.2) is 24.3 Å². The highest BCUT2D eigenvalue weighted by Gasteiger charge is 2.09. The number of urea groups is 1. The van der Waals surface area contributed by atoms with Crippen molar-refractivity contribution >= 4 is 17.7 Å². The van der Waals surface area contributed by atoms with Gasteiger partial charge in [-0.15, -0.1) is 0 Å². The molecule has 0 heterocycles. The Hall–Kier alpha value is -2.04. The molecule has 104 valence electrons. The predicted molar refractivity (Wildman–Crippen MR) is 74.3 cm³/mol. The second-order valence-corrected chi connectivity index (χ2v) is 4.58. The van der Waals surface area contributed by atoms with E-state index in [0.717, 1.165) is 6.42 Å². The third-order valence-corrected chi connectivity index (χ3v) is 2.92. The molecule has 5 heteroatoms. The van der Waals surface area contributed by atoms with E-state index in [2.05, 4.69) is 24.5 Å². The number of anilines is 1. The number of benzene rings is 1. The smallest absolute Gasteiger partial charge is 0.319 e. The molecule has 19 heavy (non-hydrogen) atoms. The number of hydrogen-bond acceptors (Lipinski definition) is 2. The standard InChI is InChI=1S/C14H20N2O3/c1-3-10(2)9-15-14(19)16-12-7-5-4-6-11(12)8-13(17)18/h4-7,10H,3,8-9H2,1-2H3,(H,17,18)(H2,15,16,19). The molecule has 0 saturated heterocycles. The van der Waals surface area contributed by atoms with E-state index in [-0.39, 0.29) is 12.5 Å². The lowest BCUT2D eigenvalue weighted by Gasteiger charge is -2.13. The highest BCUT2D eigenvalue weighted by Crippen LogP contribution is 2.15. The number of para-hydroxylation sites is 1. The topological polar surface area (TPSA) is 78.4 Å². The van der Waals surface area contributed by atoms with Crippen molar-refractivity contribution in [3.05, 3.63) is 29.8 Å². The van der Waals surface area contributed by atoms with Crippen LogP contribution in [0.4, 0.5) is 10.5 Å². The van der Waals surface area contributed by atoms with E-state index in [1.165, 1.54) is 0 Å². The van der Waals surface area contributed by atoms with Crippen molar-refractivity contribution in [2.45, 2.75) is 26.7 Å². The molecule has 1 unspecified atom stereocenters. The van der Waals surface area contributed by atoms with E-state index in [4.69, 9.17) is 5.11 Å². The van der Waals surface area contributed by atoms with Crippen LogP contribution in [0.25, 0.3) is 0 Å². The Labute approximate surface area is 113 Å². The summed E-state index contributed by atoms with van der Waals surface area (Å²) < 4.78 is 0. The maximum atomic E-state index is 11.7. The van der Waals surface area contributed by atoms with Gasteiger partial charge in [-0.1, -0.05) is 38.5 Å². The minimum Gasteiger partial charge on any atom is -0.481 e. The Bertz CT molecular complexity index is 446. The third-order valence-electron chi connectivity index (χ3n) is 2.92. The Morgan fingerprint density at radius 2 is 2.00 bits per heavy atom. The Kier molecular flexibility index (Phi) is 5.85. The summed E-state index contributed by atoms with van der Waals surface area (Å²) in [7, 11) is 0. The fourth-order valence-corrected chi connectivity index (χ4v) is 1.54. The van der Waals surface area contributed by atoms with E-state index in [1.54, 1.807) is 24.3 Å². The van der Waals surface area contributed by atoms with Gasteiger partial charge in [0.05, 0.1) is 6.42 Å². The van der Waals surface area contributed by atoms with Crippen molar-refractivity contribution in [2.75, 3.05) is 11.9 Å². The van der Waals surface area contributed by atoms with Crippen LogP contribution in [-0.4, -0.2) is 23.7 Å². The summed E-state index contributed by atoms with van der Waals surface area (Å²) >= 11 is 0. The van der Waals surface area contributed by atoms with Crippen molar-refractivity contribution in [1.82, 2.24) is 5.32 Å². The number of carbonyl (C=O) groups excluding carboxylic acids is 1. The van der Waals surface area contributed by atoms with Gasteiger partial charge >= 0.3 is 12.0 Å². The van der Waals surface area contributed by atoms with E-state index >= 15 is 0 Å². The maximum absolute atomic E-state index is 11.7. The molecule has 1 rings (SSSR count). The van der Waals surface area contributed by atoms with Crippen LogP contribution >= 0.6 is 0 Å². The first-order valence-corrected chi connectivity index (χ1v) is 6.37. The largest absolute Gasteiger partial charge is 0.481 e. The molecule has 0 aliphatic carbocycles. The van der Waals surface area contributed by atoms with E-state index in [1.807, 2.05) is 0 Å². The maximum Gasteiger partial charge on any atom is 0.319 e. The van der Waals surface area contributed by atoms with Gasteiger partial charge < -0.3 is 15.7 Å². The van der Waals surface area contributed by atoms with Crippen molar-refractivity contribution in [3.8, 4) is 0 Å². The average Bonchev–Trinajstić information content (AvgIpc) is 2.37. The number of hydrogen-bond donors (Lipinski definition) is 3. The molecule has 0 spiro atoms. The average molecular weight is 264 g/mol.